The Balaban J connectivity index is 1.47. The van der Waals surface area contributed by atoms with Gasteiger partial charge in [0.1, 0.15) is 0 Å². The summed E-state index contributed by atoms with van der Waals surface area (Å²) in [5, 5.41) is 11.8. The van der Waals surface area contributed by atoms with Crippen LogP contribution in [0.15, 0.2) is 24.3 Å². The van der Waals surface area contributed by atoms with Crippen LogP contribution < -0.4 is 5.32 Å². The molecule has 0 bridgehead atoms. The number of benzene rings is 1. The molecule has 1 fully saturated rings. The predicted molar refractivity (Wildman–Crippen MR) is 90.0 cm³/mol. The molecular weight excluding hydrogens is 324 g/mol. The Hall–Kier alpha value is -1.96. The molecule has 2 aliphatic heterocycles. The Morgan fingerprint density at radius 1 is 1.40 bits per heavy atom. The summed E-state index contributed by atoms with van der Waals surface area (Å²) in [4.78, 5) is 26.3. The van der Waals surface area contributed by atoms with E-state index in [1.807, 2.05) is 24.3 Å². The minimum atomic E-state index is -0.223. The van der Waals surface area contributed by atoms with Crippen molar-refractivity contribution in [3.8, 4) is 0 Å². The summed E-state index contributed by atoms with van der Waals surface area (Å²) in [5.41, 5.74) is 1.73. The van der Waals surface area contributed by atoms with Gasteiger partial charge in [-0.3, -0.25) is 9.59 Å². The summed E-state index contributed by atoms with van der Waals surface area (Å²) in [6.45, 7) is 2.12. The van der Waals surface area contributed by atoms with E-state index in [0.29, 0.717) is 32.7 Å². The minimum Gasteiger partial charge on any atom is -0.394 e. The van der Waals surface area contributed by atoms with Gasteiger partial charge in [0.2, 0.25) is 5.91 Å². The van der Waals surface area contributed by atoms with E-state index in [0.717, 1.165) is 11.1 Å². The van der Waals surface area contributed by atoms with Crippen LogP contribution in [0.5, 0.6) is 0 Å². The van der Waals surface area contributed by atoms with Gasteiger partial charge in [0.15, 0.2) is 0 Å². The van der Waals surface area contributed by atoms with Crippen LogP contribution in [0.25, 0.3) is 0 Å². The zero-order valence-electron chi connectivity index (χ0n) is 14.1. The molecule has 25 heavy (non-hydrogen) atoms. The molecule has 0 radical (unpaired) electrons. The second-order valence-corrected chi connectivity index (χ2v) is 6.30. The van der Waals surface area contributed by atoms with Crippen molar-refractivity contribution >= 4 is 11.8 Å². The zero-order valence-corrected chi connectivity index (χ0v) is 14.1. The lowest BCUT2D eigenvalue weighted by atomic mass is 10.1. The van der Waals surface area contributed by atoms with Crippen LogP contribution in [0.3, 0.4) is 0 Å². The fourth-order valence-electron chi connectivity index (χ4n) is 3.27. The number of hydrogen-bond acceptors (Lipinski definition) is 5. The highest BCUT2D eigenvalue weighted by Gasteiger charge is 2.29. The van der Waals surface area contributed by atoms with Gasteiger partial charge in [0, 0.05) is 31.7 Å². The lowest BCUT2D eigenvalue weighted by Crippen LogP contribution is -2.51. The molecule has 0 unspecified atom stereocenters. The number of amides is 2. The summed E-state index contributed by atoms with van der Waals surface area (Å²) in [7, 11) is 0. The van der Waals surface area contributed by atoms with Crippen molar-refractivity contribution < 1.29 is 24.2 Å². The van der Waals surface area contributed by atoms with Crippen molar-refractivity contribution in [3.63, 3.8) is 0 Å². The van der Waals surface area contributed by atoms with Crippen LogP contribution in [0.1, 0.15) is 28.8 Å². The average molecular weight is 348 g/mol. The van der Waals surface area contributed by atoms with Crippen molar-refractivity contribution in [1.29, 1.82) is 0 Å². The first kappa shape index (κ1) is 17.8. The number of carbonyl (C=O) groups is 2. The predicted octanol–water partition coefficient (Wildman–Crippen LogP) is 0.315. The molecule has 2 N–H and O–H groups in total. The number of rotatable bonds is 7. The maximum atomic E-state index is 12.3. The fourth-order valence-corrected chi connectivity index (χ4v) is 3.27. The van der Waals surface area contributed by atoms with Gasteiger partial charge in [-0.05, 0) is 18.1 Å². The van der Waals surface area contributed by atoms with E-state index in [1.165, 1.54) is 0 Å². The Bertz CT molecular complexity index is 621. The molecular formula is C18H24N2O5. The molecule has 1 aromatic rings. The topological polar surface area (TPSA) is 88.1 Å². The minimum absolute atomic E-state index is 0.0199. The highest BCUT2D eigenvalue weighted by Crippen LogP contribution is 2.22. The van der Waals surface area contributed by atoms with Gasteiger partial charge in [0.25, 0.3) is 5.91 Å². The molecule has 2 aliphatic rings. The van der Waals surface area contributed by atoms with Crippen molar-refractivity contribution in [2.24, 2.45) is 0 Å². The third-order valence-corrected chi connectivity index (χ3v) is 4.57. The van der Waals surface area contributed by atoms with Crippen LogP contribution in [0, 0.1) is 0 Å². The Labute approximate surface area is 146 Å². The molecule has 2 atom stereocenters. The average Bonchev–Trinajstić information content (AvgIpc) is 2.95. The summed E-state index contributed by atoms with van der Waals surface area (Å²) in [6, 6.07) is 7.30. The van der Waals surface area contributed by atoms with Crippen molar-refractivity contribution in [2.45, 2.75) is 31.5 Å². The third-order valence-electron chi connectivity index (χ3n) is 4.57. The molecule has 1 saturated heterocycles. The summed E-state index contributed by atoms with van der Waals surface area (Å²) >= 11 is 0. The molecule has 2 heterocycles. The number of nitrogens with one attached hydrogen (secondary N) is 1. The summed E-state index contributed by atoms with van der Waals surface area (Å²) < 4.78 is 11.0. The molecule has 136 valence electrons. The van der Waals surface area contributed by atoms with Gasteiger partial charge < -0.3 is 24.8 Å². The number of aliphatic hydroxyl groups excluding tert-OH is 1. The second-order valence-electron chi connectivity index (χ2n) is 6.30. The van der Waals surface area contributed by atoms with Crippen molar-refractivity contribution in [2.75, 3.05) is 33.0 Å². The Morgan fingerprint density at radius 3 is 3.04 bits per heavy atom. The molecule has 2 amide bonds. The maximum Gasteiger partial charge on any atom is 0.254 e. The quantitative estimate of drug-likeness (QED) is 0.741. The van der Waals surface area contributed by atoms with Gasteiger partial charge in [0.05, 0.1) is 32.0 Å². The smallest absolute Gasteiger partial charge is 0.254 e. The van der Waals surface area contributed by atoms with Crippen molar-refractivity contribution in [1.82, 2.24) is 10.2 Å². The Morgan fingerprint density at radius 2 is 2.24 bits per heavy atom. The largest absolute Gasteiger partial charge is 0.394 e. The number of nitrogens with zero attached hydrogens (tertiary/aromatic N) is 1. The van der Waals surface area contributed by atoms with Gasteiger partial charge in [-0.25, -0.2) is 0 Å². The first-order chi connectivity index (χ1) is 12.2. The lowest BCUT2D eigenvalue weighted by molar-refractivity contribution is -0.126. The van der Waals surface area contributed by atoms with Gasteiger partial charge >= 0.3 is 0 Å². The van der Waals surface area contributed by atoms with Crippen molar-refractivity contribution in [3.05, 3.63) is 35.4 Å². The standard InChI is InChI=1S/C18H24N2O5/c21-8-10-25-16-6-9-24-12-15(16)19-17(22)5-7-20-11-13-3-1-2-4-14(13)18(20)23/h1-4,15-16,21H,5-12H2,(H,19,22)/t15-,16+/m1/s1. The van der Waals surface area contributed by atoms with E-state index in [2.05, 4.69) is 5.32 Å². The van der Waals surface area contributed by atoms with Crippen LogP contribution in [-0.4, -0.2) is 66.9 Å². The second kappa shape index (κ2) is 8.42. The normalized spacial score (nSPS) is 22.8. The molecule has 3 rings (SSSR count). The van der Waals surface area contributed by atoms with E-state index < -0.39 is 0 Å². The van der Waals surface area contributed by atoms with E-state index in [4.69, 9.17) is 14.6 Å². The van der Waals surface area contributed by atoms with Crippen LogP contribution >= 0.6 is 0 Å². The zero-order chi connectivity index (χ0) is 17.6. The third kappa shape index (κ3) is 4.36. The lowest BCUT2D eigenvalue weighted by Gasteiger charge is -2.32. The summed E-state index contributed by atoms with van der Waals surface area (Å²) in [5.74, 6) is -0.148. The van der Waals surface area contributed by atoms with E-state index >= 15 is 0 Å². The van der Waals surface area contributed by atoms with E-state index in [9.17, 15) is 9.59 Å². The van der Waals surface area contributed by atoms with E-state index in [1.54, 1.807) is 4.90 Å². The first-order valence-corrected chi connectivity index (χ1v) is 8.66. The molecule has 0 saturated carbocycles. The van der Waals surface area contributed by atoms with Gasteiger partial charge in [-0.2, -0.15) is 0 Å². The first-order valence-electron chi connectivity index (χ1n) is 8.66. The monoisotopic (exact) mass is 348 g/mol. The summed E-state index contributed by atoms with van der Waals surface area (Å²) in [6.07, 6.45) is 0.774. The molecule has 7 heteroatoms. The fraction of sp³-hybridized carbons (Fsp3) is 0.556. The van der Waals surface area contributed by atoms with Crippen LogP contribution in [0.2, 0.25) is 0 Å². The maximum absolute atomic E-state index is 12.3. The van der Waals surface area contributed by atoms with Gasteiger partial charge in [-0.1, -0.05) is 18.2 Å². The number of fused-ring (bicyclic) bond motifs is 1. The number of carbonyl (C=O) groups excluding carboxylic acids is 2. The SMILES string of the molecule is O=C(CCN1Cc2ccccc2C1=O)N[C@@H]1COCC[C@@H]1OCCO. The molecule has 0 spiro atoms. The number of hydrogen-bond donors (Lipinski definition) is 2. The number of ether oxygens (including phenoxy) is 2. The molecule has 0 aliphatic carbocycles. The van der Waals surface area contributed by atoms with Gasteiger partial charge in [-0.15, -0.1) is 0 Å². The Kier molecular flexibility index (Phi) is 6.01. The number of aliphatic hydroxyl groups is 1. The van der Waals surface area contributed by atoms with Crippen LogP contribution in [0.4, 0.5) is 0 Å². The highest BCUT2D eigenvalue weighted by molar-refractivity contribution is 5.98. The molecule has 7 nitrogen and oxygen atoms in total. The molecule has 1 aromatic carbocycles. The molecule has 0 aromatic heterocycles. The van der Waals surface area contributed by atoms with Crippen LogP contribution in [-0.2, 0) is 20.8 Å². The highest BCUT2D eigenvalue weighted by atomic mass is 16.5. The van der Waals surface area contributed by atoms with E-state index in [-0.39, 0.29) is 43.6 Å².